The molecule has 3 rings (SSSR count). The number of aromatic nitrogens is 2. The Hall–Kier alpha value is -3.66. The molecule has 0 saturated heterocycles. The Bertz CT molecular complexity index is 988. The highest BCUT2D eigenvalue weighted by Crippen LogP contribution is 2.18. The number of H-pyrrole nitrogens is 1. The van der Waals surface area contributed by atoms with Crippen LogP contribution in [0.3, 0.4) is 0 Å². The first-order valence-electron chi connectivity index (χ1n) is 8.06. The number of amides is 1. The standard InChI is InChI=1S/C20H15F2N3O2/c21-15-9-7-14(8-10-15)17-13-18(25-24-17)20(26)23-11-3-4-12-27-19-6-2-1-5-16(19)22/h1-2,5-10,13H,11-12H2,(H,23,26)(H,24,25). The average Bonchev–Trinajstić information content (AvgIpc) is 3.16. The number of carbonyl (C=O) groups excluding carboxylic acids is 1. The van der Waals surface area contributed by atoms with E-state index in [0.717, 1.165) is 0 Å². The van der Waals surface area contributed by atoms with Gasteiger partial charge in [-0.1, -0.05) is 24.0 Å². The molecule has 0 aliphatic heterocycles. The van der Waals surface area contributed by atoms with E-state index in [2.05, 4.69) is 27.4 Å². The first kappa shape index (κ1) is 18.1. The molecule has 1 heterocycles. The van der Waals surface area contributed by atoms with E-state index >= 15 is 0 Å². The zero-order valence-corrected chi connectivity index (χ0v) is 14.1. The van der Waals surface area contributed by atoms with Crippen LogP contribution >= 0.6 is 0 Å². The van der Waals surface area contributed by atoms with Crippen LogP contribution in [0.1, 0.15) is 10.5 Å². The minimum Gasteiger partial charge on any atom is -0.478 e. The van der Waals surface area contributed by atoms with E-state index in [1.807, 2.05) is 0 Å². The predicted molar refractivity (Wildman–Crippen MR) is 96.0 cm³/mol. The normalized spacial score (nSPS) is 10.0. The quantitative estimate of drug-likeness (QED) is 0.681. The number of aromatic amines is 1. The smallest absolute Gasteiger partial charge is 0.270 e. The fraction of sp³-hybridized carbons (Fsp3) is 0.100. The van der Waals surface area contributed by atoms with Gasteiger partial charge in [-0.05, 0) is 42.5 Å². The Morgan fingerprint density at radius 3 is 2.67 bits per heavy atom. The second kappa shape index (κ2) is 8.63. The molecule has 2 aromatic carbocycles. The molecule has 0 spiro atoms. The third-order valence-corrected chi connectivity index (χ3v) is 3.56. The predicted octanol–water partition coefficient (Wildman–Crippen LogP) is 3.17. The summed E-state index contributed by atoms with van der Waals surface area (Å²) < 4.78 is 31.5. The molecular weight excluding hydrogens is 352 g/mol. The SMILES string of the molecule is O=C(NCC#CCOc1ccccc1F)c1cc(-c2ccc(F)cc2)n[nH]1. The summed E-state index contributed by atoms with van der Waals surface area (Å²) in [4.78, 5) is 12.1. The first-order chi connectivity index (χ1) is 13.1. The van der Waals surface area contributed by atoms with Gasteiger partial charge in [0.25, 0.3) is 5.91 Å². The van der Waals surface area contributed by atoms with Gasteiger partial charge >= 0.3 is 0 Å². The maximum absolute atomic E-state index is 13.3. The highest BCUT2D eigenvalue weighted by atomic mass is 19.1. The summed E-state index contributed by atoms with van der Waals surface area (Å²) in [5, 5.41) is 9.27. The number of para-hydroxylation sites is 1. The summed E-state index contributed by atoms with van der Waals surface area (Å²) in [5.74, 6) is 4.36. The average molecular weight is 367 g/mol. The van der Waals surface area contributed by atoms with Crippen molar-refractivity contribution in [2.45, 2.75) is 0 Å². The van der Waals surface area contributed by atoms with Crippen LogP contribution in [0.4, 0.5) is 8.78 Å². The van der Waals surface area contributed by atoms with Crippen LogP contribution in [0, 0.1) is 23.5 Å². The molecule has 0 bridgehead atoms. The molecule has 27 heavy (non-hydrogen) atoms. The van der Waals surface area contributed by atoms with Crippen LogP contribution in [0.15, 0.2) is 54.6 Å². The van der Waals surface area contributed by atoms with Crippen molar-refractivity contribution in [2.24, 2.45) is 0 Å². The highest BCUT2D eigenvalue weighted by molar-refractivity contribution is 5.93. The van der Waals surface area contributed by atoms with Gasteiger partial charge in [0.2, 0.25) is 0 Å². The Morgan fingerprint density at radius 2 is 1.89 bits per heavy atom. The molecule has 7 heteroatoms. The van der Waals surface area contributed by atoms with E-state index in [9.17, 15) is 13.6 Å². The van der Waals surface area contributed by atoms with Gasteiger partial charge in [-0.2, -0.15) is 5.10 Å². The molecule has 0 atom stereocenters. The zero-order valence-electron chi connectivity index (χ0n) is 14.1. The van der Waals surface area contributed by atoms with Gasteiger partial charge in [0.15, 0.2) is 11.6 Å². The number of ether oxygens (including phenoxy) is 1. The van der Waals surface area contributed by atoms with Crippen LogP contribution in [-0.4, -0.2) is 29.3 Å². The molecule has 0 aliphatic carbocycles. The topological polar surface area (TPSA) is 67.0 Å². The molecule has 0 aliphatic rings. The molecule has 1 aromatic heterocycles. The maximum atomic E-state index is 13.3. The molecule has 0 fully saturated rings. The lowest BCUT2D eigenvalue weighted by Gasteiger charge is -2.02. The van der Waals surface area contributed by atoms with Gasteiger partial charge < -0.3 is 10.1 Å². The summed E-state index contributed by atoms with van der Waals surface area (Å²) in [5.41, 5.74) is 1.49. The van der Waals surface area contributed by atoms with E-state index in [4.69, 9.17) is 4.74 Å². The summed E-state index contributed by atoms with van der Waals surface area (Å²) in [6.07, 6.45) is 0. The van der Waals surface area contributed by atoms with E-state index < -0.39 is 5.82 Å². The summed E-state index contributed by atoms with van der Waals surface area (Å²) in [6.45, 7) is 0.111. The van der Waals surface area contributed by atoms with E-state index in [0.29, 0.717) is 11.3 Å². The number of hydrogen-bond acceptors (Lipinski definition) is 3. The van der Waals surface area contributed by atoms with Gasteiger partial charge in [0.05, 0.1) is 12.2 Å². The lowest BCUT2D eigenvalue weighted by Crippen LogP contribution is -2.24. The number of rotatable bonds is 5. The fourth-order valence-electron chi connectivity index (χ4n) is 2.22. The molecule has 0 radical (unpaired) electrons. The zero-order chi connectivity index (χ0) is 19.1. The van der Waals surface area contributed by atoms with Crippen molar-refractivity contribution in [2.75, 3.05) is 13.2 Å². The van der Waals surface area contributed by atoms with Crippen molar-refractivity contribution in [3.05, 3.63) is 71.9 Å². The van der Waals surface area contributed by atoms with E-state index in [1.54, 1.807) is 30.3 Å². The Kier molecular flexibility index (Phi) is 5.80. The molecule has 0 saturated carbocycles. The summed E-state index contributed by atoms with van der Waals surface area (Å²) in [7, 11) is 0. The lowest BCUT2D eigenvalue weighted by molar-refractivity contribution is 0.0953. The lowest BCUT2D eigenvalue weighted by atomic mass is 10.1. The van der Waals surface area contributed by atoms with Crippen LogP contribution < -0.4 is 10.1 Å². The Balaban J connectivity index is 1.48. The molecule has 136 valence electrons. The van der Waals surface area contributed by atoms with Crippen molar-refractivity contribution in [1.29, 1.82) is 0 Å². The number of carbonyl (C=O) groups is 1. The maximum Gasteiger partial charge on any atom is 0.270 e. The third kappa shape index (κ3) is 4.92. The largest absolute Gasteiger partial charge is 0.478 e. The Labute approximate surface area is 154 Å². The minimum atomic E-state index is -0.455. The first-order valence-corrected chi connectivity index (χ1v) is 8.06. The van der Waals surface area contributed by atoms with Crippen LogP contribution in [0.5, 0.6) is 5.75 Å². The molecule has 2 N–H and O–H groups in total. The van der Waals surface area contributed by atoms with Crippen LogP contribution in [0.2, 0.25) is 0 Å². The van der Waals surface area contributed by atoms with Crippen LogP contribution in [-0.2, 0) is 0 Å². The van der Waals surface area contributed by atoms with Crippen LogP contribution in [0.25, 0.3) is 11.3 Å². The van der Waals surface area contributed by atoms with Crippen molar-refractivity contribution < 1.29 is 18.3 Å². The van der Waals surface area contributed by atoms with Gasteiger partial charge in [-0.15, -0.1) is 0 Å². The number of nitrogens with one attached hydrogen (secondary N) is 2. The molecular formula is C20H15F2N3O2. The molecule has 0 unspecified atom stereocenters. The second-order valence-electron chi connectivity index (χ2n) is 5.43. The molecule has 1 amide bonds. The van der Waals surface area contributed by atoms with Gasteiger partial charge in [-0.25, -0.2) is 8.78 Å². The summed E-state index contributed by atoms with van der Waals surface area (Å²) in [6, 6.07) is 13.4. The van der Waals surface area contributed by atoms with Crippen molar-refractivity contribution in [3.8, 4) is 28.8 Å². The highest BCUT2D eigenvalue weighted by Gasteiger charge is 2.10. The fourth-order valence-corrected chi connectivity index (χ4v) is 2.22. The van der Waals surface area contributed by atoms with Gasteiger partial charge in [0.1, 0.15) is 18.1 Å². The second-order valence-corrected chi connectivity index (χ2v) is 5.43. The van der Waals surface area contributed by atoms with Crippen molar-refractivity contribution in [3.63, 3.8) is 0 Å². The number of halogens is 2. The van der Waals surface area contributed by atoms with Crippen molar-refractivity contribution in [1.82, 2.24) is 15.5 Å². The number of nitrogens with zero attached hydrogens (tertiary/aromatic N) is 1. The number of benzene rings is 2. The van der Waals surface area contributed by atoms with E-state index in [1.165, 1.54) is 24.3 Å². The van der Waals surface area contributed by atoms with Gasteiger partial charge in [-0.3, -0.25) is 9.89 Å². The Morgan fingerprint density at radius 1 is 1.11 bits per heavy atom. The monoisotopic (exact) mass is 367 g/mol. The van der Waals surface area contributed by atoms with Gasteiger partial charge in [0, 0.05) is 5.56 Å². The minimum absolute atomic E-state index is 0.00950. The molecule has 3 aromatic rings. The number of hydrogen-bond donors (Lipinski definition) is 2. The molecule has 5 nitrogen and oxygen atoms in total. The van der Waals surface area contributed by atoms with E-state index in [-0.39, 0.29) is 36.3 Å². The van der Waals surface area contributed by atoms with Crippen molar-refractivity contribution >= 4 is 5.91 Å². The third-order valence-electron chi connectivity index (χ3n) is 3.56. The summed E-state index contributed by atoms with van der Waals surface area (Å²) >= 11 is 0.